The number of hydrogen-bond acceptors (Lipinski definition) is 3. The van der Waals surface area contributed by atoms with Crippen LogP contribution in [0, 0.1) is 6.92 Å². The van der Waals surface area contributed by atoms with Crippen molar-refractivity contribution in [3.63, 3.8) is 0 Å². The van der Waals surface area contributed by atoms with E-state index < -0.39 is 12.0 Å². The van der Waals surface area contributed by atoms with Gasteiger partial charge in [-0.25, -0.2) is 0 Å². The molecule has 0 spiro atoms. The molecule has 0 bridgehead atoms. The molecule has 0 radical (unpaired) electrons. The van der Waals surface area contributed by atoms with Crippen molar-refractivity contribution >= 4 is 6.29 Å². The molecule has 1 atom stereocenters. The van der Waals surface area contributed by atoms with E-state index in [1.54, 1.807) is 12.1 Å². The van der Waals surface area contributed by atoms with Crippen LogP contribution in [0.25, 0.3) is 11.1 Å². The number of rotatable bonds is 6. The Hall–Kier alpha value is -2.11. The van der Waals surface area contributed by atoms with Gasteiger partial charge >= 0.3 is 0 Å². The van der Waals surface area contributed by atoms with Crippen LogP contribution in [-0.4, -0.2) is 19.4 Å². The molecule has 0 aliphatic carbocycles. The third-order valence-corrected chi connectivity index (χ3v) is 3.43. The van der Waals surface area contributed by atoms with E-state index in [-0.39, 0.29) is 11.8 Å². The van der Waals surface area contributed by atoms with E-state index in [4.69, 9.17) is 0 Å². The summed E-state index contributed by atoms with van der Waals surface area (Å²) >= 11 is 0. The molecule has 0 saturated heterocycles. The minimum absolute atomic E-state index is 0.136. The second-order valence-corrected chi connectivity index (χ2v) is 5.00. The van der Waals surface area contributed by atoms with Crippen LogP contribution >= 0.6 is 0 Å². The number of hydrogen-bond donors (Lipinski definition) is 1. The zero-order valence-corrected chi connectivity index (χ0v) is 12.3. The van der Waals surface area contributed by atoms with Crippen molar-refractivity contribution in [1.82, 2.24) is 5.48 Å². The third kappa shape index (κ3) is 3.37. The van der Waals surface area contributed by atoms with Crippen molar-refractivity contribution in [3.8, 4) is 11.1 Å². The van der Waals surface area contributed by atoms with Gasteiger partial charge in [-0.05, 0) is 18.1 Å². The van der Waals surface area contributed by atoms with Crippen molar-refractivity contribution in [3.05, 3.63) is 59.7 Å². The average Bonchev–Trinajstić information content (AvgIpc) is 2.53. The second kappa shape index (κ2) is 6.77. The van der Waals surface area contributed by atoms with E-state index in [0.29, 0.717) is 0 Å². The molecular weight excluding hydrogens is 288 g/mol. The lowest BCUT2D eigenvalue weighted by atomic mass is 9.98. The highest BCUT2D eigenvalue weighted by Gasteiger charge is 2.41. The summed E-state index contributed by atoms with van der Waals surface area (Å²) in [7, 11) is 1.19. The number of carbonyl (C=O) groups is 1. The van der Waals surface area contributed by atoms with E-state index in [2.05, 4.69) is 4.84 Å². The summed E-state index contributed by atoms with van der Waals surface area (Å²) in [5.41, 5.74) is 4.67. The Morgan fingerprint density at radius 1 is 1.05 bits per heavy atom. The van der Waals surface area contributed by atoms with E-state index >= 15 is 0 Å². The Kier molecular flexibility index (Phi) is 5.00. The standard InChI is InChI=1S/C17H17F2NO2/c1-12-3-5-13(6-4-12)14-7-9-15(10-8-14)17(18,19)16(11-21)20-22-2/h3-11,16,20H,1-2H3/t16-/m1/s1. The summed E-state index contributed by atoms with van der Waals surface area (Å²) in [6.45, 7) is 1.98. The van der Waals surface area contributed by atoms with Gasteiger partial charge in [-0.15, -0.1) is 0 Å². The molecule has 0 aromatic heterocycles. The maximum Gasteiger partial charge on any atom is 0.297 e. The van der Waals surface area contributed by atoms with Gasteiger partial charge in [-0.2, -0.15) is 14.3 Å². The molecule has 0 saturated carbocycles. The summed E-state index contributed by atoms with van der Waals surface area (Å²) in [4.78, 5) is 15.3. The van der Waals surface area contributed by atoms with E-state index in [1.165, 1.54) is 19.2 Å². The van der Waals surface area contributed by atoms with Gasteiger partial charge in [0.25, 0.3) is 5.92 Å². The lowest BCUT2D eigenvalue weighted by molar-refractivity contribution is -0.132. The molecule has 0 fully saturated rings. The first-order valence-corrected chi connectivity index (χ1v) is 6.78. The summed E-state index contributed by atoms with van der Waals surface area (Å²) in [6.07, 6.45) is 0.136. The highest BCUT2D eigenvalue weighted by Crippen LogP contribution is 2.32. The minimum Gasteiger partial charge on any atom is -0.304 e. The number of aldehydes is 1. The molecule has 0 unspecified atom stereocenters. The first-order chi connectivity index (χ1) is 10.5. The van der Waals surface area contributed by atoms with Crippen molar-refractivity contribution in [2.24, 2.45) is 0 Å². The molecule has 3 nitrogen and oxygen atoms in total. The molecule has 5 heteroatoms. The van der Waals surface area contributed by atoms with Crippen LogP contribution in [0.4, 0.5) is 8.78 Å². The number of carbonyl (C=O) groups excluding carboxylic acids is 1. The second-order valence-electron chi connectivity index (χ2n) is 5.00. The normalized spacial score (nSPS) is 12.9. The van der Waals surface area contributed by atoms with Crippen LogP contribution in [0.3, 0.4) is 0 Å². The predicted molar refractivity (Wildman–Crippen MR) is 80.5 cm³/mol. The fourth-order valence-corrected chi connectivity index (χ4v) is 2.12. The number of aryl methyl sites for hydroxylation is 1. The Bertz CT molecular complexity index is 624. The Morgan fingerprint density at radius 2 is 1.55 bits per heavy atom. The first kappa shape index (κ1) is 16.3. The molecule has 22 heavy (non-hydrogen) atoms. The zero-order valence-electron chi connectivity index (χ0n) is 12.3. The molecule has 116 valence electrons. The average molecular weight is 305 g/mol. The monoisotopic (exact) mass is 305 g/mol. The lowest BCUT2D eigenvalue weighted by Gasteiger charge is -2.23. The van der Waals surface area contributed by atoms with Crippen molar-refractivity contribution < 1.29 is 18.4 Å². The molecular formula is C17H17F2NO2. The summed E-state index contributed by atoms with van der Waals surface area (Å²) < 4.78 is 28.4. The van der Waals surface area contributed by atoms with Gasteiger partial charge in [-0.3, -0.25) is 0 Å². The Labute approximate surface area is 127 Å². The number of hydroxylamine groups is 1. The summed E-state index contributed by atoms with van der Waals surface area (Å²) in [6, 6.07) is 11.9. The van der Waals surface area contributed by atoms with Crippen LogP contribution in [0.1, 0.15) is 11.1 Å². The maximum atomic E-state index is 14.2. The molecule has 0 aliphatic heterocycles. The predicted octanol–water partition coefficient (Wildman–Crippen LogP) is 3.47. The van der Waals surface area contributed by atoms with Gasteiger partial charge in [0.15, 0.2) is 6.04 Å². The molecule has 0 amide bonds. The Balaban J connectivity index is 2.27. The topological polar surface area (TPSA) is 38.3 Å². The third-order valence-electron chi connectivity index (χ3n) is 3.43. The summed E-state index contributed by atoms with van der Waals surface area (Å²) in [5, 5.41) is 0. The molecule has 0 heterocycles. The smallest absolute Gasteiger partial charge is 0.297 e. The van der Waals surface area contributed by atoms with Gasteiger partial charge < -0.3 is 9.63 Å². The minimum atomic E-state index is -3.36. The van der Waals surface area contributed by atoms with Gasteiger partial charge in [0.1, 0.15) is 6.29 Å². The maximum absolute atomic E-state index is 14.2. The van der Waals surface area contributed by atoms with E-state index in [9.17, 15) is 13.6 Å². The van der Waals surface area contributed by atoms with Crippen LogP contribution in [0.15, 0.2) is 48.5 Å². The van der Waals surface area contributed by atoms with Gasteiger partial charge in [-0.1, -0.05) is 54.1 Å². The number of halogens is 2. The Morgan fingerprint density at radius 3 is 2.00 bits per heavy atom. The molecule has 0 aliphatic rings. The lowest BCUT2D eigenvalue weighted by Crippen LogP contribution is -2.43. The quantitative estimate of drug-likeness (QED) is 0.656. The largest absolute Gasteiger partial charge is 0.304 e. The van der Waals surface area contributed by atoms with Crippen LogP contribution in [0.5, 0.6) is 0 Å². The van der Waals surface area contributed by atoms with E-state index in [0.717, 1.165) is 16.7 Å². The van der Waals surface area contributed by atoms with Gasteiger partial charge in [0.2, 0.25) is 0 Å². The summed E-state index contributed by atoms with van der Waals surface area (Å²) in [5.74, 6) is -3.36. The highest BCUT2D eigenvalue weighted by molar-refractivity contribution is 5.65. The van der Waals surface area contributed by atoms with Crippen LogP contribution in [0.2, 0.25) is 0 Å². The van der Waals surface area contributed by atoms with Crippen molar-refractivity contribution in [2.45, 2.75) is 18.9 Å². The fourth-order valence-electron chi connectivity index (χ4n) is 2.12. The molecule has 2 rings (SSSR count). The SMILES string of the molecule is CON[C@H](C=O)C(F)(F)c1ccc(-c2ccc(C)cc2)cc1. The highest BCUT2D eigenvalue weighted by atomic mass is 19.3. The molecule has 2 aromatic rings. The van der Waals surface area contributed by atoms with Crippen LogP contribution in [-0.2, 0) is 15.6 Å². The van der Waals surface area contributed by atoms with Crippen molar-refractivity contribution in [1.29, 1.82) is 0 Å². The molecule has 2 aromatic carbocycles. The number of benzene rings is 2. The molecule has 1 N–H and O–H groups in total. The van der Waals surface area contributed by atoms with Gasteiger partial charge in [0, 0.05) is 5.56 Å². The fraction of sp³-hybridized carbons (Fsp3) is 0.235. The zero-order chi connectivity index (χ0) is 16.2. The van der Waals surface area contributed by atoms with Crippen molar-refractivity contribution in [2.75, 3.05) is 7.11 Å². The van der Waals surface area contributed by atoms with E-state index in [1.807, 2.05) is 36.7 Å². The number of alkyl halides is 2. The van der Waals surface area contributed by atoms with Gasteiger partial charge in [0.05, 0.1) is 7.11 Å². The first-order valence-electron chi connectivity index (χ1n) is 6.78. The van der Waals surface area contributed by atoms with Crippen LogP contribution < -0.4 is 5.48 Å². The number of nitrogens with one attached hydrogen (secondary N) is 1.